The summed E-state index contributed by atoms with van der Waals surface area (Å²) in [4.78, 5) is 12.9. The molecule has 0 saturated carbocycles. The summed E-state index contributed by atoms with van der Waals surface area (Å²) in [7, 11) is -4.13. The average Bonchev–Trinajstić information content (AvgIpc) is 2.77. The molecule has 1 amide bonds. The van der Waals surface area contributed by atoms with Crippen molar-refractivity contribution in [3.8, 4) is 5.75 Å². The molecule has 0 radical (unpaired) electrons. The van der Waals surface area contributed by atoms with E-state index in [4.69, 9.17) is 27.9 Å². The van der Waals surface area contributed by atoms with Gasteiger partial charge in [-0.15, -0.1) is 0 Å². The van der Waals surface area contributed by atoms with E-state index in [0.29, 0.717) is 18.0 Å². The van der Waals surface area contributed by atoms with Gasteiger partial charge in [-0.05, 0) is 61.4 Å². The predicted octanol–water partition coefficient (Wildman–Crippen LogP) is 4.92. The number of sulfonamides is 1. The van der Waals surface area contributed by atoms with Gasteiger partial charge in [0, 0.05) is 10.7 Å². The van der Waals surface area contributed by atoms with Gasteiger partial charge in [-0.25, -0.2) is 8.42 Å². The summed E-state index contributed by atoms with van der Waals surface area (Å²) >= 11 is 12.0. The van der Waals surface area contributed by atoms with Crippen LogP contribution in [0.5, 0.6) is 5.75 Å². The number of carbonyl (C=O) groups is 1. The predicted molar refractivity (Wildman–Crippen MR) is 127 cm³/mol. The molecule has 3 aromatic carbocycles. The van der Waals surface area contributed by atoms with E-state index in [-0.39, 0.29) is 21.4 Å². The number of anilines is 1. The smallest absolute Gasteiger partial charge is 0.242 e. The first kappa shape index (κ1) is 24.1. The van der Waals surface area contributed by atoms with E-state index < -0.39 is 22.0 Å². The highest BCUT2D eigenvalue weighted by Gasteiger charge is 2.28. The molecule has 0 heterocycles. The van der Waals surface area contributed by atoms with Crippen molar-refractivity contribution in [1.29, 1.82) is 0 Å². The highest BCUT2D eigenvalue weighted by atomic mass is 35.5. The minimum absolute atomic E-state index is 0.00674. The van der Waals surface area contributed by atoms with Crippen molar-refractivity contribution in [3.63, 3.8) is 0 Å². The van der Waals surface area contributed by atoms with E-state index in [2.05, 4.69) is 10.0 Å². The van der Waals surface area contributed by atoms with Crippen LogP contribution >= 0.6 is 23.2 Å². The molecule has 6 nitrogen and oxygen atoms in total. The zero-order valence-corrected chi connectivity index (χ0v) is 19.5. The monoisotopic (exact) mass is 492 g/mol. The van der Waals surface area contributed by atoms with Gasteiger partial charge in [0.15, 0.2) is 0 Å². The van der Waals surface area contributed by atoms with Gasteiger partial charge in [0.2, 0.25) is 15.9 Å². The fourth-order valence-corrected chi connectivity index (χ4v) is 4.96. The Balaban J connectivity index is 1.85. The lowest BCUT2D eigenvalue weighted by molar-refractivity contribution is -0.117. The molecule has 1 atom stereocenters. The minimum Gasteiger partial charge on any atom is -0.494 e. The quantitative estimate of drug-likeness (QED) is 0.443. The zero-order valence-electron chi connectivity index (χ0n) is 17.2. The molecule has 3 rings (SSSR count). The Morgan fingerprint density at radius 2 is 1.69 bits per heavy atom. The number of benzene rings is 3. The molecule has 32 heavy (non-hydrogen) atoms. The van der Waals surface area contributed by atoms with Gasteiger partial charge in [0.1, 0.15) is 16.7 Å². The van der Waals surface area contributed by atoms with Crippen molar-refractivity contribution in [2.45, 2.75) is 24.3 Å². The Morgan fingerprint density at radius 1 is 1.00 bits per heavy atom. The van der Waals surface area contributed by atoms with Crippen molar-refractivity contribution in [1.82, 2.24) is 4.72 Å². The molecule has 168 valence electrons. The highest BCUT2D eigenvalue weighted by molar-refractivity contribution is 7.89. The molecule has 0 aliphatic rings. The van der Waals surface area contributed by atoms with Crippen molar-refractivity contribution < 1.29 is 17.9 Å². The minimum atomic E-state index is -4.13. The summed E-state index contributed by atoms with van der Waals surface area (Å²) in [5.41, 5.74) is 1.30. The van der Waals surface area contributed by atoms with Gasteiger partial charge >= 0.3 is 0 Å². The summed E-state index contributed by atoms with van der Waals surface area (Å²) in [6, 6.07) is 19.0. The molecule has 0 saturated heterocycles. The fourth-order valence-electron chi connectivity index (χ4n) is 3.00. The third kappa shape index (κ3) is 6.46. The van der Waals surface area contributed by atoms with E-state index in [1.165, 1.54) is 18.2 Å². The van der Waals surface area contributed by atoms with E-state index in [1.54, 1.807) is 24.3 Å². The topological polar surface area (TPSA) is 84.5 Å². The van der Waals surface area contributed by atoms with Gasteiger partial charge in [0.25, 0.3) is 0 Å². The standard InChI is InChI=1S/C23H22Cl2N2O4S/c1-2-31-19-11-9-18(10-12-19)26-23(28)21(14-16-6-4-3-5-7-16)27-32(29,30)22-15-17(24)8-13-20(22)25/h3-13,15,21,27H,2,14H2,1H3,(H,26,28)/t21-/m0/s1. The van der Waals surface area contributed by atoms with Crippen LogP contribution in [0, 0.1) is 0 Å². The van der Waals surface area contributed by atoms with Crippen LogP contribution in [0.3, 0.4) is 0 Å². The largest absolute Gasteiger partial charge is 0.494 e. The Kier molecular flexibility index (Phi) is 8.15. The molecule has 0 aromatic heterocycles. The van der Waals surface area contributed by atoms with Crippen LogP contribution in [0.25, 0.3) is 0 Å². The lowest BCUT2D eigenvalue weighted by Gasteiger charge is -2.19. The molecule has 0 aliphatic carbocycles. The van der Waals surface area contributed by atoms with Gasteiger partial charge in [-0.2, -0.15) is 4.72 Å². The van der Waals surface area contributed by atoms with Crippen molar-refractivity contribution in [2.75, 3.05) is 11.9 Å². The maximum absolute atomic E-state index is 13.1. The van der Waals surface area contributed by atoms with E-state index in [1.807, 2.05) is 37.3 Å². The molecule has 0 bridgehead atoms. The zero-order chi connectivity index (χ0) is 23.1. The average molecular weight is 493 g/mol. The first-order chi connectivity index (χ1) is 15.3. The van der Waals surface area contributed by atoms with Gasteiger partial charge in [0.05, 0.1) is 11.6 Å². The lowest BCUT2D eigenvalue weighted by atomic mass is 10.1. The second kappa shape index (κ2) is 10.8. The van der Waals surface area contributed by atoms with Crippen molar-refractivity contribution >= 4 is 44.8 Å². The molecule has 3 aromatic rings. The molecule has 0 spiro atoms. The second-order valence-electron chi connectivity index (χ2n) is 6.88. The van der Waals surface area contributed by atoms with Gasteiger partial charge in [-0.3, -0.25) is 4.79 Å². The third-order valence-electron chi connectivity index (χ3n) is 4.51. The molecule has 0 unspecified atom stereocenters. The normalized spacial score (nSPS) is 12.2. The number of hydrogen-bond acceptors (Lipinski definition) is 4. The third-order valence-corrected chi connectivity index (χ3v) is 6.70. The Hall–Kier alpha value is -2.58. The number of carbonyl (C=O) groups excluding carboxylic acids is 1. The highest BCUT2D eigenvalue weighted by Crippen LogP contribution is 2.25. The number of halogens is 2. The maximum atomic E-state index is 13.1. The van der Waals surface area contributed by atoms with Gasteiger partial charge in [-0.1, -0.05) is 53.5 Å². The molecule has 0 aliphatic heterocycles. The molecule has 2 N–H and O–H groups in total. The Morgan fingerprint density at radius 3 is 2.34 bits per heavy atom. The van der Waals surface area contributed by atoms with Crippen LogP contribution in [-0.4, -0.2) is 27.0 Å². The van der Waals surface area contributed by atoms with Crippen LogP contribution in [0.1, 0.15) is 12.5 Å². The Labute approximate surface area is 197 Å². The van der Waals surface area contributed by atoms with Crippen LogP contribution in [0.15, 0.2) is 77.7 Å². The summed E-state index contributed by atoms with van der Waals surface area (Å²) < 4.78 is 33.9. The summed E-state index contributed by atoms with van der Waals surface area (Å²) in [6.07, 6.45) is 0.140. The van der Waals surface area contributed by atoms with E-state index >= 15 is 0 Å². The number of hydrogen-bond donors (Lipinski definition) is 2. The summed E-state index contributed by atoms with van der Waals surface area (Å²) in [5.74, 6) is 0.155. The SMILES string of the molecule is CCOc1ccc(NC(=O)[C@H](Cc2ccccc2)NS(=O)(=O)c2cc(Cl)ccc2Cl)cc1. The Bertz CT molecular complexity index is 1170. The van der Waals surface area contributed by atoms with Crippen molar-refractivity contribution in [2.24, 2.45) is 0 Å². The molecule has 9 heteroatoms. The first-order valence-corrected chi connectivity index (χ1v) is 12.1. The van der Waals surface area contributed by atoms with Crippen LogP contribution in [0.2, 0.25) is 10.0 Å². The fraction of sp³-hybridized carbons (Fsp3) is 0.174. The first-order valence-electron chi connectivity index (χ1n) is 9.83. The number of ether oxygens (including phenoxy) is 1. The van der Waals surface area contributed by atoms with Gasteiger partial charge < -0.3 is 10.1 Å². The van der Waals surface area contributed by atoms with E-state index in [0.717, 1.165) is 5.56 Å². The molecule has 0 fully saturated rings. The number of amides is 1. The number of nitrogens with one attached hydrogen (secondary N) is 2. The van der Waals surface area contributed by atoms with Crippen LogP contribution in [0.4, 0.5) is 5.69 Å². The summed E-state index contributed by atoms with van der Waals surface area (Å²) in [6.45, 7) is 2.40. The van der Waals surface area contributed by atoms with Crippen LogP contribution in [-0.2, 0) is 21.2 Å². The molecular formula is C23H22Cl2N2O4S. The lowest BCUT2D eigenvalue weighted by Crippen LogP contribution is -2.45. The van der Waals surface area contributed by atoms with E-state index in [9.17, 15) is 13.2 Å². The summed E-state index contributed by atoms with van der Waals surface area (Å²) in [5, 5.41) is 2.97. The van der Waals surface area contributed by atoms with Crippen LogP contribution < -0.4 is 14.8 Å². The number of rotatable bonds is 9. The molecular weight excluding hydrogens is 471 g/mol. The second-order valence-corrected chi connectivity index (χ2v) is 9.41. The maximum Gasteiger partial charge on any atom is 0.242 e. The van der Waals surface area contributed by atoms with Crippen molar-refractivity contribution in [3.05, 3.63) is 88.4 Å².